The molecule has 0 fully saturated rings. The van der Waals surface area contributed by atoms with E-state index in [1.807, 2.05) is 6.92 Å². The van der Waals surface area contributed by atoms with Gasteiger partial charge in [-0.15, -0.1) is 0 Å². The summed E-state index contributed by atoms with van der Waals surface area (Å²) in [6.07, 6.45) is 0. The van der Waals surface area contributed by atoms with E-state index in [4.69, 9.17) is 16.3 Å². The molecule has 0 bridgehead atoms. The van der Waals surface area contributed by atoms with Crippen LogP contribution in [0.1, 0.15) is 5.56 Å². The van der Waals surface area contributed by atoms with Crippen molar-refractivity contribution in [3.8, 4) is 5.75 Å². The smallest absolute Gasteiger partial charge is 0.280 e. The summed E-state index contributed by atoms with van der Waals surface area (Å²) in [5, 5.41) is 12.6. The van der Waals surface area contributed by atoms with Crippen molar-refractivity contribution in [2.24, 2.45) is 0 Å². The Labute approximate surface area is 125 Å². The van der Waals surface area contributed by atoms with Gasteiger partial charge in [0.1, 0.15) is 5.75 Å². The lowest BCUT2D eigenvalue weighted by Gasteiger charge is -2.09. The zero-order chi connectivity index (χ0) is 15.1. The number of nitrogens with zero attached hydrogens (tertiary/aromatic N) is 2. The molecule has 1 aromatic heterocycles. The van der Waals surface area contributed by atoms with Crippen LogP contribution in [-0.4, -0.2) is 17.0 Å². The second kappa shape index (κ2) is 4.86. The van der Waals surface area contributed by atoms with Crippen molar-refractivity contribution in [3.05, 3.63) is 51.0 Å². The Balaban J connectivity index is 2.53. The maximum atomic E-state index is 11.2. The molecule has 5 nitrogen and oxygen atoms in total. The molecule has 106 valence electrons. The zero-order valence-electron chi connectivity index (χ0n) is 11.4. The first-order valence-corrected chi connectivity index (χ1v) is 6.61. The van der Waals surface area contributed by atoms with Gasteiger partial charge in [-0.25, -0.2) is 4.98 Å². The number of aryl methyl sites for hydroxylation is 1. The molecular formula is C15H11ClN2O3. The number of methoxy groups -OCH3 is 1. The van der Waals surface area contributed by atoms with Crippen molar-refractivity contribution < 1.29 is 9.66 Å². The minimum absolute atomic E-state index is 0.0437. The van der Waals surface area contributed by atoms with Gasteiger partial charge in [-0.05, 0) is 30.7 Å². The van der Waals surface area contributed by atoms with Gasteiger partial charge in [-0.3, -0.25) is 10.1 Å². The lowest BCUT2D eigenvalue weighted by Crippen LogP contribution is -1.95. The van der Waals surface area contributed by atoms with Gasteiger partial charge in [0.2, 0.25) is 0 Å². The summed E-state index contributed by atoms with van der Waals surface area (Å²) in [5.41, 5.74) is 2.02. The molecule has 0 amide bonds. The Kier molecular flexibility index (Phi) is 3.14. The van der Waals surface area contributed by atoms with Gasteiger partial charge >= 0.3 is 0 Å². The number of hydrogen-bond acceptors (Lipinski definition) is 4. The van der Waals surface area contributed by atoms with Crippen LogP contribution in [0, 0.1) is 17.0 Å². The fourth-order valence-corrected chi connectivity index (χ4v) is 2.71. The Hall–Kier alpha value is -2.40. The predicted molar refractivity (Wildman–Crippen MR) is 82.2 cm³/mol. The van der Waals surface area contributed by atoms with Crippen LogP contribution in [-0.2, 0) is 0 Å². The molecule has 0 saturated carbocycles. The molecule has 0 N–H and O–H groups in total. The molecule has 0 radical (unpaired) electrons. The van der Waals surface area contributed by atoms with Crippen molar-refractivity contribution in [2.45, 2.75) is 6.92 Å². The summed E-state index contributed by atoms with van der Waals surface area (Å²) in [5.74, 6) is 0.626. The van der Waals surface area contributed by atoms with Crippen LogP contribution in [0.2, 0.25) is 5.02 Å². The van der Waals surface area contributed by atoms with Gasteiger partial charge in [0.05, 0.1) is 33.5 Å². The Bertz CT molecular complexity index is 893. The van der Waals surface area contributed by atoms with Crippen LogP contribution in [0.15, 0.2) is 30.3 Å². The van der Waals surface area contributed by atoms with E-state index in [1.165, 1.54) is 6.07 Å². The standard InChI is InChI=1S/C15H11ClN2O3/c1-8-3-6-12(18(19)20)13-14(16)10-7-9(21-2)4-5-11(10)17-15(8)13/h3-7H,1-2H3. The summed E-state index contributed by atoms with van der Waals surface area (Å²) >= 11 is 6.42. The number of fused-ring (bicyclic) bond motifs is 2. The first-order valence-electron chi connectivity index (χ1n) is 6.24. The van der Waals surface area contributed by atoms with E-state index < -0.39 is 4.92 Å². The van der Waals surface area contributed by atoms with Crippen molar-refractivity contribution in [3.63, 3.8) is 0 Å². The van der Waals surface area contributed by atoms with Gasteiger partial charge in [-0.2, -0.15) is 0 Å². The number of benzene rings is 2. The molecular weight excluding hydrogens is 292 g/mol. The quantitative estimate of drug-likeness (QED) is 0.403. The van der Waals surface area contributed by atoms with Crippen LogP contribution >= 0.6 is 11.6 Å². The normalized spacial score (nSPS) is 11.0. The molecule has 0 unspecified atom stereocenters. The maximum Gasteiger partial charge on any atom is 0.280 e. The minimum atomic E-state index is -0.443. The van der Waals surface area contributed by atoms with Gasteiger partial charge in [0.15, 0.2) is 0 Å². The molecule has 21 heavy (non-hydrogen) atoms. The number of non-ortho nitro benzene ring substituents is 1. The SMILES string of the molecule is COc1ccc2nc3c(C)ccc([N+](=O)[O-])c3c(Cl)c2c1. The van der Waals surface area contributed by atoms with E-state index in [9.17, 15) is 10.1 Å². The monoisotopic (exact) mass is 302 g/mol. The minimum Gasteiger partial charge on any atom is -0.497 e. The Morgan fingerprint density at radius 3 is 2.71 bits per heavy atom. The fourth-order valence-electron chi connectivity index (χ4n) is 2.37. The zero-order valence-corrected chi connectivity index (χ0v) is 12.1. The van der Waals surface area contributed by atoms with Crippen molar-refractivity contribution in [2.75, 3.05) is 7.11 Å². The maximum absolute atomic E-state index is 11.2. The third-order valence-electron chi connectivity index (χ3n) is 3.45. The van der Waals surface area contributed by atoms with Gasteiger partial charge in [0, 0.05) is 11.5 Å². The van der Waals surface area contributed by atoms with Crippen molar-refractivity contribution in [1.82, 2.24) is 4.98 Å². The summed E-state index contributed by atoms with van der Waals surface area (Å²) in [6, 6.07) is 8.44. The number of halogens is 1. The number of rotatable bonds is 2. The molecule has 0 atom stereocenters. The van der Waals surface area contributed by atoms with Crippen LogP contribution in [0.3, 0.4) is 0 Å². The highest BCUT2D eigenvalue weighted by Crippen LogP contribution is 2.38. The first-order chi connectivity index (χ1) is 10.0. The summed E-state index contributed by atoms with van der Waals surface area (Å²) in [4.78, 5) is 15.3. The average molecular weight is 303 g/mol. The number of pyridine rings is 1. The molecule has 0 aliphatic rings. The molecule has 2 aromatic carbocycles. The summed E-state index contributed by atoms with van der Waals surface area (Å²) in [7, 11) is 1.55. The van der Waals surface area contributed by atoms with Gasteiger partial charge in [0.25, 0.3) is 5.69 Å². The lowest BCUT2D eigenvalue weighted by atomic mass is 10.1. The van der Waals surface area contributed by atoms with E-state index in [2.05, 4.69) is 4.98 Å². The number of ether oxygens (including phenoxy) is 1. The average Bonchev–Trinajstić information content (AvgIpc) is 2.48. The molecule has 6 heteroatoms. The fraction of sp³-hybridized carbons (Fsp3) is 0.133. The van der Waals surface area contributed by atoms with Crippen LogP contribution < -0.4 is 4.74 Å². The van der Waals surface area contributed by atoms with Crippen molar-refractivity contribution in [1.29, 1.82) is 0 Å². The number of hydrogen-bond donors (Lipinski definition) is 0. The number of nitro groups is 1. The third kappa shape index (κ3) is 2.06. The van der Waals surface area contributed by atoms with E-state index in [0.717, 1.165) is 5.56 Å². The van der Waals surface area contributed by atoms with Crippen molar-refractivity contribution >= 4 is 39.1 Å². The van der Waals surface area contributed by atoms with Crippen LogP contribution in [0.4, 0.5) is 5.69 Å². The van der Waals surface area contributed by atoms with E-state index >= 15 is 0 Å². The van der Waals surface area contributed by atoms with Crippen LogP contribution in [0.25, 0.3) is 21.8 Å². The highest BCUT2D eigenvalue weighted by molar-refractivity contribution is 6.41. The molecule has 0 aliphatic carbocycles. The molecule has 0 saturated heterocycles. The second-order valence-corrected chi connectivity index (χ2v) is 5.07. The molecule has 3 aromatic rings. The third-order valence-corrected chi connectivity index (χ3v) is 3.84. The molecule has 1 heterocycles. The number of nitro benzene ring substituents is 1. The molecule has 0 aliphatic heterocycles. The van der Waals surface area contributed by atoms with Crippen LogP contribution in [0.5, 0.6) is 5.75 Å². The first kappa shape index (κ1) is 13.6. The lowest BCUT2D eigenvalue weighted by molar-refractivity contribution is -0.383. The summed E-state index contributed by atoms with van der Waals surface area (Å²) < 4.78 is 5.17. The summed E-state index contributed by atoms with van der Waals surface area (Å²) in [6.45, 7) is 1.85. The predicted octanol–water partition coefficient (Wildman–Crippen LogP) is 4.27. The van der Waals surface area contributed by atoms with E-state index in [1.54, 1.807) is 31.4 Å². The largest absolute Gasteiger partial charge is 0.497 e. The highest BCUT2D eigenvalue weighted by Gasteiger charge is 2.19. The highest BCUT2D eigenvalue weighted by atomic mass is 35.5. The number of aromatic nitrogens is 1. The van der Waals surface area contributed by atoms with E-state index in [0.29, 0.717) is 32.6 Å². The topological polar surface area (TPSA) is 65.3 Å². The van der Waals surface area contributed by atoms with Gasteiger partial charge < -0.3 is 4.74 Å². The molecule has 3 rings (SSSR count). The molecule has 0 spiro atoms. The Morgan fingerprint density at radius 2 is 2.05 bits per heavy atom. The Morgan fingerprint density at radius 1 is 1.29 bits per heavy atom. The second-order valence-electron chi connectivity index (χ2n) is 4.69. The van der Waals surface area contributed by atoms with E-state index in [-0.39, 0.29) is 5.69 Å². The van der Waals surface area contributed by atoms with Gasteiger partial charge in [-0.1, -0.05) is 17.7 Å².